The molecule has 0 spiro atoms. The fourth-order valence-electron chi connectivity index (χ4n) is 3.43. The van der Waals surface area contributed by atoms with Crippen molar-refractivity contribution in [2.24, 2.45) is 5.92 Å². The number of amides is 1. The minimum atomic E-state index is 0.0156. The maximum absolute atomic E-state index is 12.4. The van der Waals surface area contributed by atoms with Gasteiger partial charge in [0.25, 0.3) is 5.91 Å². The lowest BCUT2D eigenvalue weighted by molar-refractivity contribution is -0.687. The van der Waals surface area contributed by atoms with Crippen LogP contribution in [0.1, 0.15) is 32.6 Å². The number of quaternary nitrogens is 1. The molecule has 2 aromatic carbocycles. The summed E-state index contributed by atoms with van der Waals surface area (Å²) in [5.74, 6) is 2.12. The van der Waals surface area contributed by atoms with E-state index in [4.69, 9.17) is 4.74 Å². The second kappa shape index (κ2) is 8.67. The maximum atomic E-state index is 12.4. The summed E-state index contributed by atoms with van der Waals surface area (Å²) in [4.78, 5) is 12.4. The highest BCUT2D eigenvalue weighted by molar-refractivity contribution is 5.92. The first-order valence-electron chi connectivity index (χ1n) is 9.17. The van der Waals surface area contributed by atoms with Crippen molar-refractivity contribution >= 4 is 11.6 Å². The van der Waals surface area contributed by atoms with Crippen LogP contribution < -0.4 is 15.4 Å². The fourth-order valence-corrected chi connectivity index (χ4v) is 3.43. The predicted octanol–water partition coefficient (Wildman–Crippen LogP) is 3.56. The smallest absolute Gasteiger partial charge is 0.279 e. The molecule has 0 saturated heterocycles. The zero-order chi connectivity index (χ0) is 17.5. The van der Waals surface area contributed by atoms with E-state index in [0.717, 1.165) is 5.75 Å². The van der Waals surface area contributed by atoms with Gasteiger partial charge in [0.15, 0.2) is 12.3 Å². The van der Waals surface area contributed by atoms with E-state index in [2.05, 4.69) is 17.6 Å². The van der Waals surface area contributed by atoms with Gasteiger partial charge in [0.05, 0.1) is 11.7 Å². The van der Waals surface area contributed by atoms with E-state index in [1.54, 1.807) is 0 Å². The molecular formula is C21H27N2O2+. The number of para-hydroxylation sites is 3. The van der Waals surface area contributed by atoms with E-state index < -0.39 is 0 Å². The summed E-state index contributed by atoms with van der Waals surface area (Å²) in [6, 6.07) is 17.7. The van der Waals surface area contributed by atoms with Crippen molar-refractivity contribution in [2.75, 3.05) is 11.9 Å². The summed E-state index contributed by atoms with van der Waals surface area (Å²) in [6.07, 6.45) is 5.08. The average Bonchev–Trinajstić information content (AvgIpc) is 2.64. The quantitative estimate of drug-likeness (QED) is 0.845. The minimum absolute atomic E-state index is 0.0156. The number of hydrogen-bond acceptors (Lipinski definition) is 2. The zero-order valence-corrected chi connectivity index (χ0v) is 14.8. The van der Waals surface area contributed by atoms with Gasteiger partial charge in [-0.2, -0.15) is 0 Å². The molecule has 0 bridgehead atoms. The van der Waals surface area contributed by atoms with Crippen LogP contribution in [-0.4, -0.2) is 18.5 Å². The van der Waals surface area contributed by atoms with Gasteiger partial charge in [-0.3, -0.25) is 4.79 Å². The van der Waals surface area contributed by atoms with Crippen LogP contribution in [0.25, 0.3) is 0 Å². The van der Waals surface area contributed by atoms with E-state index in [-0.39, 0.29) is 5.91 Å². The van der Waals surface area contributed by atoms with Crippen LogP contribution >= 0.6 is 0 Å². The Hall–Kier alpha value is -2.33. The van der Waals surface area contributed by atoms with Crippen LogP contribution in [0.2, 0.25) is 0 Å². The number of nitrogens with two attached hydrogens (primary N) is 1. The van der Waals surface area contributed by atoms with Gasteiger partial charge in [0.2, 0.25) is 0 Å². The summed E-state index contributed by atoms with van der Waals surface area (Å²) in [6.45, 7) is 2.75. The molecule has 4 heteroatoms. The van der Waals surface area contributed by atoms with Crippen LogP contribution in [0, 0.1) is 5.92 Å². The highest BCUT2D eigenvalue weighted by atomic mass is 16.5. The molecule has 0 radical (unpaired) electrons. The van der Waals surface area contributed by atoms with Gasteiger partial charge in [-0.05, 0) is 43.5 Å². The molecule has 0 aromatic heterocycles. The maximum Gasteiger partial charge on any atom is 0.279 e. The minimum Gasteiger partial charge on any atom is -0.455 e. The van der Waals surface area contributed by atoms with Crippen LogP contribution in [-0.2, 0) is 4.79 Å². The number of carbonyl (C=O) groups excluding carboxylic acids is 1. The van der Waals surface area contributed by atoms with Crippen molar-refractivity contribution in [3.63, 3.8) is 0 Å². The van der Waals surface area contributed by atoms with E-state index in [1.165, 1.54) is 25.7 Å². The Morgan fingerprint density at radius 1 is 1.08 bits per heavy atom. The zero-order valence-electron chi connectivity index (χ0n) is 14.8. The lowest BCUT2D eigenvalue weighted by Gasteiger charge is -2.26. The third-order valence-corrected chi connectivity index (χ3v) is 4.92. The molecule has 3 rings (SSSR count). The van der Waals surface area contributed by atoms with Crippen molar-refractivity contribution in [3.8, 4) is 11.5 Å². The Balaban J connectivity index is 1.57. The molecule has 1 amide bonds. The molecule has 4 nitrogen and oxygen atoms in total. The molecule has 0 aliphatic heterocycles. The number of nitrogens with one attached hydrogen (secondary N) is 1. The number of ether oxygens (including phenoxy) is 1. The standard InChI is InChI=1S/C21H26N2O2/c1-16-9-5-6-12-18(16)22-15-21(24)23-19-13-7-8-14-20(19)25-17-10-3-2-4-11-17/h2-4,7-8,10-11,13-14,16,18,22H,5-6,9,12,15H2,1H3,(H,23,24)/p+1/t16-,18-/m0/s1. The number of anilines is 1. The first-order valence-corrected chi connectivity index (χ1v) is 9.17. The van der Waals surface area contributed by atoms with Gasteiger partial charge in [-0.25, -0.2) is 0 Å². The first kappa shape index (κ1) is 17.5. The molecule has 25 heavy (non-hydrogen) atoms. The van der Waals surface area contributed by atoms with E-state index in [0.29, 0.717) is 29.9 Å². The fraction of sp³-hybridized carbons (Fsp3) is 0.381. The third-order valence-electron chi connectivity index (χ3n) is 4.92. The van der Waals surface area contributed by atoms with Crippen molar-refractivity contribution in [1.82, 2.24) is 0 Å². The van der Waals surface area contributed by atoms with Crippen molar-refractivity contribution in [3.05, 3.63) is 54.6 Å². The van der Waals surface area contributed by atoms with Gasteiger partial charge < -0.3 is 15.4 Å². The highest BCUT2D eigenvalue weighted by Gasteiger charge is 2.24. The Bertz CT molecular complexity index is 687. The van der Waals surface area contributed by atoms with Crippen LogP contribution in [0.5, 0.6) is 11.5 Å². The molecule has 1 aliphatic carbocycles. The molecule has 0 heterocycles. The lowest BCUT2D eigenvalue weighted by atomic mass is 9.86. The molecule has 1 saturated carbocycles. The summed E-state index contributed by atoms with van der Waals surface area (Å²) in [5, 5.41) is 5.18. The van der Waals surface area contributed by atoms with Crippen LogP contribution in [0.15, 0.2) is 54.6 Å². The number of hydrogen-bond donors (Lipinski definition) is 2. The van der Waals surface area contributed by atoms with E-state index >= 15 is 0 Å². The predicted molar refractivity (Wildman–Crippen MR) is 99.8 cm³/mol. The summed E-state index contributed by atoms with van der Waals surface area (Å²) >= 11 is 0. The van der Waals surface area contributed by atoms with E-state index in [1.807, 2.05) is 54.6 Å². The van der Waals surface area contributed by atoms with Gasteiger partial charge in [-0.1, -0.05) is 43.7 Å². The first-order chi connectivity index (χ1) is 12.2. The largest absolute Gasteiger partial charge is 0.455 e. The monoisotopic (exact) mass is 339 g/mol. The molecule has 3 N–H and O–H groups in total. The van der Waals surface area contributed by atoms with Gasteiger partial charge in [0.1, 0.15) is 5.75 Å². The van der Waals surface area contributed by atoms with Gasteiger partial charge in [-0.15, -0.1) is 0 Å². The van der Waals surface area contributed by atoms with Crippen molar-refractivity contribution in [1.29, 1.82) is 0 Å². The molecular weight excluding hydrogens is 312 g/mol. The highest BCUT2D eigenvalue weighted by Crippen LogP contribution is 2.29. The molecule has 0 unspecified atom stereocenters. The summed E-state index contributed by atoms with van der Waals surface area (Å²) in [5.41, 5.74) is 0.710. The Morgan fingerprint density at radius 2 is 1.80 bits per heavy atom. The average molecular weight is 339 g/mol. The summed E-state index contributed by atoms with van der Waals surface area (Å²) in [7, 11) is 0. The Kier molecular flexibility index (Phi) is 6.07. The molecule has 1 fully saturated rings. The van der Waals surface area contributed by atoms with Crippen molar-refractivity contribution < 1.29 is 14.8 Å². The second-order valence-corrected chi connectivity index (χ2v) is 6.82. The summed E-state index contributed by atoms with van der Waals surface area (Å²) < 4.78 is 5.90. The van der Waals surface area contributed by atoms with E-state index in [9.17, 15) is 4.79 Å². The number of rotatable bonds is 6. The molecule has 1 aliphatic rings. The normalized spacial score (nSPS) is 20.0. The third kappa shape index (κ3) is 5.07. The van der Waals surface area contributed by atoms with Crippen LogP contribution in [0.3, 0.4) is 0 Å². The number of benzene rings is 2. The Morgan fingerprint density at radius 3 is 2.60 bits per heavy atom. The lowest BCUT2D eigenvalue weighted by Crippen LogP contribution is -2.93. The molecule has 2 aromatic rings. The van der Waals surface area contributed by atoms with Gasteiger partial charge >= 0.3 is 0 Å². The van der Waals surface area contributed by atoms with Crippen molar-refractivity contribution in [2.45, 2.75) is 38.6 Å². The molecule has 2 atom stereocenters. The molecule has 132 valence electrons. The number of carbonyl (C=O) groups is 1. The Labute approximate surface area is 149 Å². The SMILES string of the molecule is C[C@H]1CCCC[C@@H]1[NH2+]CC(=O)Nc1ccccc1Oc1ccccc1. The van der Waals surface area contributed by atoms with Crippen LogP contribution in [0.4, 0.5) is 5.69 Å². The topological polar surface area (TPSA) is 54.9 Å². The van der Waals surface area contributed by atoms with Gasteiger partial charge in [0, 0.05) is 5.92 Å². The second-order valence-electron chi connectivity index (χ2n) is 6.82.